The molecule has 37 heavy (non-hydrogen) atoms. The number of amides is 2. The van der Waals surface area contributed by atoms with E-state index in [1.807, 2.05) is 31.2 Å². The molecule has 4 rings (SSSR count). The van der Waals surface area contributed by atoms with E-state index in [1.54, 1.807) is 60.7 Å². The van der Waals surface area contributed by atoms with E-state index in [0.29, 0.717) is 23.6 Å². The summed E-state index contributed by atoms with van der Waals surface area (Å²) in [5.74, 6) is -1.66. The van der Waals surface area contributed by atoms with Gasteiger partial charge in [0.25, 0.3) is 0 Å². The zero-order chi connectivity index (χ0) is 26.2. The van der Waals surface area contributed by atoms with Gasteiger partial charge in [-0.2, -0.15) is 5.10 Å². The number of benzene rings is 4. The molecule has 4 aromatic rings. The second kappa shape index (κ2) is 11.8. The number of nitrogens with zero attached hydrogens (tertiary/aromatic N) is 1. The van der Waals surface area contributed by atoms with Crippen LogP contribution in [0.4, 0.5) is 5.69 Å². The van der Waals surface area contributed by atoms with Crippen molar-refractivity contribution in [1.29, 1.82) is 0 Å². The van der Waals surface area contributed by atoms with Gasteiger partial charge in [-0.15, -0.1) is 0 Å². The summed E-state index contributed by atoms with van der Waals surface area (Å²) in [5, 5.41) is 8.26. The number of carbonyl (C=O) groups is 3. The molecule has 186 valence electrons. The van der Waals surface area contributed by atoms with Crippen LogP contribution >= 0.6 is 11.6 Å². The molecule has 0 atom stereocenters. The Balaban J connectivity index is 1.50. The number of halogens is 1. The second-order valence-corrected chi connectivity index (χ2v) is 8.09. The fourth-order valence-electron chi connectivity index (χ4n) is 3.47. The van der Waals surface area contributed by atoms with Gasteiger partial charge < -0.3 is 14.8 Å². The summed E-state index contributed by atoms with van der Waals surface area (Å²) >= 11 is 6.13. The summed E-state index contributed by atoms with van der Waals surface area (Å²) in [5.41, 5.74) is 3.27. The first-order valence-corrected chi connectivity index (χ1v) is 11.7. The fourth-order valence-corrected chi connectivity index (χ4v) is 3.69. The average molecular weight is 516 g/mol. The van der Waals surface area contributed by atoms with Gasteiger partial charge in [-0.25, -0.2) is 10.2 Å². The molecule has 2 N–H and O–H groups in total. The van der Waals surface area contributed by atoms with Crippen molar-refractivity contribution >= 4 is 52.1 Å². The van der Waals surface area contributed by atoms with Crippen LogP contribution in [0.15, 0.2) is 90.0 Å². The third kappa shape index (κ3) is 6.31. The molecular weight excluding hydrogens is 494 g/mol. The molecular formula is C28H22ClN3O5. The van der Waals surface area contributed by atoms with Crippen LogP contribution in [0.1, 0.15) is 22.8 Å². The smallest absolute Gasteiger partial charge is 0.345 e. The summed E-state index contributed by atoms with van der Waals surface area (Å²) < 4.78 is 11.0. The summed E-state index contributed by atoms with van der Waals surface area (Å²) in [6, 6.07) is 24.0. The lowest BCUT2D eigenvalue weighted by molar-refractivity contribution is -0.136. The lowest BCUT2D eigenvalue weighted by atomic mass is 10.0. The highest BCUT2D eigenvalue weighted by atomic mass is 35.5. The minimum Gasteiger partial charge on any atom is -0.494 e. The van der Waals surface area contributed by atoms with Gasteiger partial charge in [0.15, 0.2) is 0 Å². The molecule has 0 heterocycles. The third-order valence-corrected chi connectivity index (χ3v) is 5.55. The number of carbonyl (C=O) groups excluding carboxylic acids is 3. The maximum atomic E-state index is 12.7. The topological polar surface area (TPSA) is 106 Å². The number of rotatable bonds is 7. The SMILES string of the molecule is CCOc1ccc(NC(=O)C(=O)N/N=C/c2c(OC(=O)c3ccccc3Cl)ccc3ccccc23)cc1. The normalized spacial score (nSPS) is 10.8. The van der Waals surface area contributed by atoms with E-state index in [1.165, 1.54) is 6.21 Å². The Hall–Kier alpha value is -4.69. The number of esters is 1. The Labute approximate surface area is 217 Å². The Kier molecular flexibility index (Phi) is 8.12. The van der Waals surface area contributed by atoms with Crippen LogP contribution in [-0.4, -0.2) is 30.6 Å². The number of nitrogens with one attached hydrogen (secondary N) is 2. The first kappa shape index (κ1) is 25.4. The molecule has 0 aliphatic heterocycles. The zero-order valence-electron chi connectivity index (χ0n) is 19.7. The average Bonchev–Trinajstić information content (AvgIpc) is 2.91. The van der Waals surface area contributed by atoms with Crippen molar-refractivity contribution in [2.45, 2.75) is 6.92 Å². The van der Waals surface area contributed by atoms with Crippen LogP contribution in [0.25, 0.3) is 10.8 Å². The van der Waals surface area contributed by atoms with Crippen LogP contribution in [-0.2, 0) is 9.59 Å². The van der Waals surface area contributed by atoms with E-state index in [9.17, 15) is 14.4 Å². The van der Waals surface area contributed by atoms with Crippen molar-refractivity contribution in [3.63, 3.8) is 0 Å². The highest BCUT2D eigenvalue weighted by molar-refractivity contribution is 6.39. The highest BCUT2D eigenvalue weighted by Gasteiger charge is 2.17. The highest BCUT2D eigenvalue weighted by Crippen LogP contribution is 2.28. The van der Waals surface area contributed by atoms with Crippen LogP contribution in [0, 0.1) is 0 Å². The molecule has 0 fully saturated rings. The molecule has 0 unspecified atom stereocenters. The largest absolute Gasteiger partial charge is 0.494 e. The molecule has 0 saturated heterocycles. The summed E-state index contributed by atoms with van der Waals surface area (Å²) in [6.07, 6.45) is 1.32. The molecule has 0 spiro atoms. The minimum atomic E-state index is -0.972. The van der Waals surface area contributed by atoms with E-state index in [2.05, 4.69) is 15.8 Å². The van der Waals surface area contributed by atoms with Crippen molar-refractivity contribution in [3.05, 3.63) is 101 Å². The molecule has 0 saturated carbocycles. The van der Waals surface area contributed by atoms with Crippen molar-refractivity contribution in [2.75, 3.05) is 11.9 Å². The maximum absolute atomic E-state index is 12.7. The maximum Gasteiger partial charge on any atom is 0.345 e. The predicted octanol–water partition coefficient (Wildman–Crippen LogP) is 5.20. The van der Waals surface area contributed by atoms with Gasteiger partial charge in [0.1, 0.15) is 11.5 Å². The van der Waals surface area contributed by atoms with Gasteiger partial charge in [-0.05, 0) is 60.2 Å². The van der Waals surface area contributed by atoms with Crippen molar-refractivity contribution in [3.8, 4) is 11.5 Å². The number of fused-ring (bicyclic) bond motifs is 1. The Morgan fingerprint density at radius 1 is 0.892 bits per heavy atom. The van der Waals surface area contributed by atoms with Gasteiger partial charge in [0, 0.05) is 11.3 Å². The van der Waals surface area contributed by atoms with Crippen molar-refractivity contribution in [1.82, 2.24) is 5.43 Å². The molecule has 0 aromatic heterocycles. The fraction of sp³-hybridized carbons (Fsp3) is 0.0714. The predicted molar refractivity (Wildman–Crippen MR) is 142 cm³/mol. The van der Waals surface area contributed by atoms with E-state index in [4.69, 9.17) is 21.1 Å². The second-order valence-electron chi connectivity index (χ2n) is 7.68. The number of hydrogen-bond donors (Lipinski definition) is 2. The van der Waals surface area contributed by atoms with Crippen molar-refractivity contribution in [2.24, 2.45) is 5.10 Å². The van der Waals surface area contributed by atoms with Crippen LogP contribution < -0.4 is 20.2 Å². The Morgan fingerprint density at radius 3 is 2.38 bits per heavy atom. The standard InChI is InChI=1S/C28H22ClN3O5/c1-2-36-20-14-12-19(13-15-20)31-26(33)27(34)32-30-17-23-21-8-4-3-7-18(21)11-16-25(23)37-28(35)22-9-5-6-10-24(22)29/h3-17H,2H2,1H3,(H,31,33)(H,32,34)/b30-17+. The van der Waals surface area contributed by atoms with Gasteiger partial charge >= 0.3 is 17.8 Å². The number of anilines is 1. The lowest BCUT2D eigenvalue weighted by Gasteiger charge is -2.11. The first-order chi connectivity index (χ1) is 18.0. The number of hydrazone groups is 1. The molecule has 0 aliphatic carbocycles. The van der Waals surface area contributed by atoms with Gasteiger partial charge in [0.05, 0.1) is 23.4 Å². The van der Waals surface area contributed by atoms with Crippen LogP contribution in [0.2, 0.25) is 5.02 Å². The molecule has 8 nitrogen and oxygen atoms in total. The minimum absolute atomic E-state index is 0.208. The molecule has 0 bridgehead atoms. The summed E-state index contributed by atoms with van der Waals surface area (Å²) in [6.45, 7) is 2.38. The van der Waals surface area contributed by atoms with E-state index >= 15 is 0 Å². The van der Waals surface area contributed by atoms with E-state index in [-0.39, 0.29) is 16.3 Å². The van der Waals surface area contributed by atoms with E-state index in [0.717, 1.165) is 10.8 Å². The van der Waals surface area contributed by atoms with Crippen molar-refractivity contribution < 1.29 is 23.9 Å². The van der Waals surface area contributed by atoms with Gasteiger partial charge in [0.2, 0.25) is 0 Å². The number of hydrogen-bond acceptors (Lipinski definition) is 6. The van der Waals surface area contributed by atoms with Gasteiger partial charge in [-0.1, -0.05) is 54.1 Å². The molecule has 9 heteroatoms. The number of ether oxygens (including phenoxy) is 2. The zero-order valence-corrected chi connectivity index (χ0v) is 20.5. The summed E-state index contributed by atoms with van der Waals surface area (Å²) in [7, 11) is 0. The van der Waals surface area contributed by atoms with Gasteiger partial charge in [-0.3, -0.25) is 9.59 Å². The monoisotopic (exact) mass is 515 g/mol. The van der Waals surface area contributed by atoms with Crippen LogP contribution in [0.3, 0.4) is 0 Å². The summed E-state index contributed by atoms with van der Waals surface area (Å²) in [4.78, 5) is 37.3. The first-order valence-electron chi connectivity index (χ1n) is 11.3. The quantitative estimate of drug-likeness (QED) is 0.116. The van der Waals surface area contributed by atoms with Crippen LogP contribution in [0.5, 0.6) is 11.5 Å². The van der Waals surface area contributed by atoms with E-state index < -0.39 is 17.8 Å². The molecule has 0 aliphatic rings. The lowest BCUT2D eigenvalue weighted by Crippen LogP contribution is -2.32. The Morgan fingerprint density at radius 2 is 1.62 bits per heavy atom. The Bertz CT molecular complexity index is 1490. The molecule has 2 amide bonds. The third-order valence-electron chi connectivity index (χ3n) is 5.22. The molecule has 4 aromatic carbocycles. The molecule has 0 radical (unpaired) electrons.